The Hall–Kier alpha value is -1.38. The van der Waals surface area contributed by atoms with Gasteiger partial charge >= 0.3 is 11.9 Å². The molecule has 1 rings (SSSR count). The van der Waals surface area contributed by atoms with Crippen LogP contribution in [-0.2, 0) is 28.6 Å². The Morgan fingerprint density at radius 1 is 1.33 bits per heavy atom. The summed E-state index contributed by atoms with van der Waals surface area (Å²) in [5.74, 6) is -1.64. The molecule has 2 N–H and O–H groups in total. The summed E-state index contributed by atoms with van der Waals surface area (Å²) in [6.07, 6.45) is -0.0990. The van der Waals surface area contributed by atoms with Crippen molar-refractivity contribution in [3.05, 3.63) is 0 Å². The summed E-state index contributed by atoms with van der Waals surface area (Å²) in [5, 5.41) is 5.60. The molecule has 1 fully saturated rings. The van der Waals surface area contributed by atoms with Gasteiger partial charge in [0.05, 0.1) is 33.9 Å². The minimum absolute atomic E-state index is 0. The van der Waals surface area contributed by atoms with Gasteiger partial charge in [-0.3, -0.25) is 9.59 Å². The number of hydrogen-bond donors (Lipinski definition) is 2. The standard InChI is InChI=1S/C12H20N2O6.ClH/c1-18-11(16)6-9(12(17)19-2)14-10(15)5-8-7-20-4-3-13-8;/h8-9,13H,3-7H2,1-2H3,(H,14,15);1H. The maximum atomic E-state index is 11.8. The number of rotatable bonds is 6. The molecule has 0 bridgehead atoms. The van der Waals surface area contributed by atoms with E-state index in [4.69, 9.17) is 4.74 Å². The van der Waals surface area contributed by atoms with E-state index in [0.717, 1.165) is 0 Å². The van der Waals surface area contributed by atoms with E-state index in [-0.39, 0.29) is 37.2 Å². The molecule has 0 aromatic carbocycles. The highest BCUT2D eigenvalue weighted by atomic mass is 35.5. The average Bonchev–Trinajstić information content (AvgIpc) is 2.46. The van der Waals surface area contributed by atoms with Gasteiger partial charge in [-0.05, 0) is 0 Å². The van der Waals surface area contributed by atoms with Crippen molar-refractivity contribution in [2.75, 3.05) is 34.0 Å². The van der Waals surface area contributed by atoms with Gasteiger partial charge in [0.1, 0.15) is 6.04 Å². The van der Waals surface area contributed by atoms with Crippen molar-refractivity contribution < 1.29 is 28.6 Å². The molecule has 1 aliphatic heterocycles. The Bertz CT molecular complexity index is 360. The molecule has 21 heavy (non-hydrogen) atoms. The summed E-state index contributed by atoms with van der Waals surface area (Å²) in [4.78, 5) is 34.6. The fraction of sp³-hybridized carbons (Fsp3) is 0.750. The second kappa shape index (κ2) is 10.4. The van der Waals surface area contributed by atoms with E-state index in [1.54, 1.807) is 0 Å². The van der Waals surface area contributed by atoms with E-state index < -0.39 is 18.0 Å². The highest BCUT2D eigenvalue weighted by Gasteiger charge is 2.26. The fourth-order valence-corrected chi connectivity index (χ4v) is 1.81. The van der Waals surface area contributed by atoms with Gasteiger partial charge in [-0.1, -0.05) is 0 Å². The minimum Gasteiger partial charge on any atom is -0.469 e. The minimum atomic E-state index is -1.04. The van der Waals surface area contributed by atoms with Gasteiger partial charge in [0, 0.05) is 19.0 Å². The molecule has 1 saturated heterocycles. The first-order valence-electron chi connectivity index (χ1n) is 6.32. The molecule has 9 heteroatoms. The van der Waals surface area contributed by atoms with Crippen LogP contribution in [0.4, 0.5) is 0 Å². The SMILES string of the molecule is COC(=O)CC(NC(=O)CC1COCCN1)C(=O)OC.Cl. The molecule has 0 spiro atoms. The van der Waals surface area contributed by atoms with Gasteiger partial charge in [-0.15, -0.1) is 12.4 Å². The molecule has 1 heterocycles. The van der Waals surface area contributed by atoms with Crippen LogP contribution < -0.4 is 10.6 Å². The highest BCUT2D eigenvalue weighted by Crippen LogP contribution is 2.02. The van der Waals surface area contributed by atoms with Crippen LogP contribution in [0.1, 0.15) is 12.8 Å². The number of carbonyl (C=O) groups excluding carboxylic acids is 3. The number of hydrogen-bond acceptors (Lipinski definition) is 7. The number of amides is 1. The first-order chi connectivity index (χ1) is 9.56. The molecule has 1 amide bonds. The van der Waals surface area contributed by atoms with Gasteiger partial charge < -0.3 is 24.8 Å². The van der Waals surface area contributed by atoms with E-state index in [1.165, 1.54) is 14.2 Å². The van der Waals surface area contributed by atoms with Crippen molar-refractivity contribution in [1.29, 1.82) is 0 Å². The molecular weight excluding hydrogens is 304 g/mol. The maximum absolute atomic E-state index is 11.8. The van der Waals surface area contributed by atoms with Gasteiger partial charge in [0.25, 0.3) is 0 Å². The normalized spacial score (nSPS) is 18.9. The molecule has 8 nitrogen and oxygen atoms in total. The zero-order chi connectivity index (χ0) is 15.0. The summed E-state index contributed by atoms with van der Waals surface area (Å²) in [7, 11) is 2.40. The summed E-state index contributed by atoms with van der Waals surface area (Å²) in [5.41, 5.74) is 0. The predicted octanol–water partition coefficient (Wildman–Crippen LogP) is -0.992. The number of morpholine rings is 1. The number of ether oxygens (including phenoxy) is 3. The van der Waals surface area contributed by atoms with Crippen molar-refractivity contribution >= 4 is 30.3 Å². The highest BCUT2D eigenvalue weighted by molar-refractivity contribution is 5.88. The van der Waals surface area contributed by atoms with Crippen LogP contribution in [0.3, 0.4) is 0 Å². The molecule has 0 radical (unpaired) electrons. The smallest absolute Gasteiger partial charge is 0.328 e. The lowest BCUT2D eigenvalue weighted by Gasteiger charge is -2.24. The monoisotopic (exact) mass is 324 g/mol. The zero-order valence-electron chi connectivity index (χ0n) is 12.0. The lowest BCUT2D eigenvalue weighted by atomic mass is 10.1. The number of halogens is 1. The Morgan fingerprint density at radius 3 is 2.57 bits per heavy atom. The van der Waals surface area contributed by atoms with Crippen molar-refractivity contribution in [1.82, 2.24) is 10.6 Å². The van der Waals surface area contributed by atoms with Crippen LogP contribution >= 0.6 is 12.4 Å². The molecule has 0 aromatic heterocycles. The third-order valence-corrected chi connectivity index (χ3v) is 2.85. The molecule has 0 saturated carbocycles. The van der Waals surface area contributed by atoms with Crippen LogP contribution in [-0.4, -0.2) is 63.9 Å². The van der Waals surface area contributed by atoms with Gasteiger partial charge in [-0.2, -0.15) is 0 Å². The van der Waals surface area contributed by atoms with Crippen LogP contribution in [0.25, 0.3) is 0 Å². The first-order valence-corrected chi connectivity index (χ1v) is 6.32. The van der Waals surface area contributed by atoms with Crippen molar-refractivity contribution in [2.24, 2.45) is 0 Å². The largest absolute Gasteiger partial charge is 0.469 e. The number of esters is 2. The Balaban J connectivity index is 0.00000400. The number of methoxy groups -OCH3 is 2. The van der Waals surface area contributed by atoms with E-state index in [2.05, 4.69) is 20.1 Å². The zero-order valence-corrected chi connectivity index (χ0v) is 12.9. The summed E-state index contributed by atoms with van der Waals surface area (Å²) in [6.45, 7) is 1.74. The second-order valence-corrected chi connectivity index (χ2v) is 4.35. The average molecular weight is 325 g/mol. The third kappa shape index (κ3) is 7.26. The van der Waals surface area contributed by atoms with Crippen molar-refractivity contribution in [3.63, 3.8) is 0 Å². The topological polar surface area (TPSA) is 103 Å². The second-order valence-electron chi connectivity index (χ2n) is 4.35. The quantitative estimate of drug-likeness (QED) is 0.604. The Morgan fingerprint density at radius 2 is 2.05 bits per heavy atom. The molecule has 1 aliphatic rings. The van der Waals surface area contributed by atoms with Gasteiger partial charge in [0.2, 0.25) is 5.91 Å². The molecule has 122 valence electrons. The first kappa shape index (κ1) is 19.6. The van der Waals surface area contributed by atoms with Gasteiger partial charge in [-0.25, -0.2) is 4.79 Å². The van der Waals surface area contributed by atoms with Crippen molar-refractivity contribution in [3.8, 4) is 0 Å². The van der Waals surface area contributed by atoms with Gasteiger partial charge in [0.15, 0.2) is 0 Å². The molecular formula is C12H21ClN2O6. The number of carbonyl (C=O) groups is 3. The number of nitrogens with one attached hydrogen (secondary N) is 2. The van der Waals surface area contributed by atoms with Crippen LogP contribution in [0, 0.1) is 0 Å². The molecule has 0 aliphatic carbocycles. The van der Waals surface area contributed by atoms with E-state index >= 15 is 0 Å². The van der Waals surface area contributed by atoms with E-state index in [0.29, 0.717) is 19.8 Å². The van der Waals surface area contributed by atoms with Crippen LogP contribution in [0.15, 0.2) is 0 Å². The summed E-state index contributed by atoms with van der Waals surface area (Å²) < 4.78 is 14.3. The van der Waals surface area contributed by atoms with Crippen molar-refractivity contribution in [2.45, 2.75) is 24.9 Å². The Kier molecular flexibility index (Phi) is 9.68. The third-order valence-electron chi connectivity index (χ3n) is 2.85. The summed E-state index contributed by atoms with van der Waals surface area (Å²) in [6, 6.07) is -1.13. The molecule has 2 unspecified atom stereocenters. The molecule has 2 atom stereocenters. The van der Waals surface area contributed by atoms with Crippen LogP contribution in [0.2, 0.25) is 0 Å². The lowest BCUT2D eigenvalue weighted by molar-refractivity contribution is -0.150. The lowest BCUT2D eigenvalue weighted by Crippen LogP contribution is -2.48. The predicted molar refractivity (Wildman–Crippen MR) is 75.1 cm³/mol. The Labute approximate surface area is 129 Å². The van der Waals surface area contributed by atoms with Crippen LogP contribution in [0.5, 0.6) is 0 Å². The van der Waals surface area contributed by atoms with E-state index in [1.807, 2.05) is 0 Å². The summed E-state index contributed by atoms with van der Waals surface area (Å²) >= 11 is 0. The molecule has 0 aromatic rings. The maximum Gasteiger partial charge on any atom is 0.328 e. The van der Waals surface area contributed by atoms with E-state index in [9.17, 15) is 14.4 Å². The fourth-order valence-electron chi connectivity index (χ4n) is 1.81.